The van der Waals surface area contributed by atoms with Gasteiger partial charge in [0.25, 0.3) is 5.91 Å². The maximum atomic E-state index is 12.3. The van der Waals surface area contributed by atoms with E-state index in [4.69, 9.17) is 0 Å². The van der Waals surface area contributed by atoms with E-state index in [1.54, 1.807) is 6.07 Å². The number of imidazole rings is 1. The number of hydrogen-bond donors (Lipinski definition) is 3. The van der Waals surface area contributed by atoms with Crippen LogP contribution in [0.4, 0.5) is 0 Å². The van der Waals surface area contributed by atoms with Crippen LogP contribution in [0.15, 0.2) is 23.0 Å². The van der Waals surface area contributed by atoms with Crippen LogP contribution in [0.3, 0.4) is 0 Å². The smallest absolute Gasteiger partial charge is 0.326 e. The van der Waals surface area contributed by atoms with Crippen molar-refractivity contribution < 1.29 is 4.79 Å². The van der Waals surface area contributed by atoms with Crippen LogP contribution in [-0.2, 0) is 0 Å². The van der Waals surface area contributed by atoms with Crippen molar-refractivity contribution in [1.82, 2.24) is 20.2 Å². The van der Waals surface area contributed by atoms with Crippen molar-refractivity contribution in [3.63, 3.8) is 0 Å². The van der Waals surface area contributed by atoms with Crippen LogP contribution in [0.5, 0.6) is 0 Å². The van der Waals surface area contributed by atoms with Crippen molar-refractivity contribution in [2.75, 3.05) is 19.6 Å². The van der Waals surface area contributed by atoms with Gasteiger partial charge in [0, 0.05) is 37.2 Å². The van der Waals surface area contributed by atoms with E-state index < -0.39 is 0 Å². The molecule has 4 rings (SSSR count). The summed E-state index contributed by atoms with van der Waals surface area (Å²) >= 11 is 0. The van der Waals surface area contributed by atoms with Gasteiger partial charge in [0.2, 0.25) is 0 Å². The van der Waals surface area contributed by atoms with Crippen LogP contribution >= 0.6 is 0 Å². The summed E-state index contributed by atoms with van der Waals surface area (Å²) in [6, 6.07) is 5.79. The second kappa shape index (κ2) is 5.85. The Balaban J connectivity index is 1.58. The van der Waals surface area contributed by atoms with Crippen molar-refractivity contribution >= 4 is 16.9 Å². The minimum absolute atomic E-state index is 0.0648. The summed E-state index contributed by atoms with van der Waals surface area (Å²) in [5.74, 6) is 0.458. The molecule has 2 aliphatic rings. The molecule has 0 radical (unpaired) electrons. The van der Waals surface area contributed by atoms with Gasteiger partial charge in [-0.2, -0.15) is 0 Å². The molecule has 1 saturated heterocycles. The van der Waals surface area contributed by atoms with E-state index in [0.29, 0.717) is 24.1 Å². The van der Waals surface area contributed by atoms with E-state index in [1.165, 1.54) is 12.8 Å². The summed E-state index contributed by atoms with van der Waals surface area (Å²) in [5.41, 5.74) is 2.19. The fraction of sp³-hybridized carbons (Fsp3) is 0.529. The quantitative estimate of drug-likeness (QED) is 0.798. The first-order valence-corrected chi connectivity index (χ1v) is 8.45. The standard InChI is InChI=1S/C17H22N4O2/c22-16(19-10-11-8-18-9-11)12-5-6-15-14(7-12)20-17(23)21(15)13-3-1-2-4-13/h5-7,11,13,18H,1-4,8-10H2,(H,19,22)(H,20,23). The first-order chi connectivity index (χ1) is 11.2. The molecule has 2 aromatic rings. The number of fused-ring (bicyclic) bond motifs is 1. The van der Waals surface area contributed by atoms with Gasteiger partial charge in [0.1, 0.15) is 0 Å². The second-order valence-electron chi connectivity index (χ2n) is 6.70. The molecule has 6 heteroatoms. The average Bonchev–Trinajstić information content (AvgIpc) is 3.10. The second-order valence-corrected chi connectivity index (χ2v) is 6.70. The van der Waals surface area contributed by atoms with E-state index in [0.717, 1.165) is 37.0 Å². The fourth-order valence-electron chi connectivity index (χ4n) is 3.63. The molecule has 1 amide bonds. The number of nitrogens with one attached hydrogen (secondary N) is 3. The summed E-state index contributed by atoms with van der Waals surface area (Å²) in [4.78, 5) is 27.4. The van der Waals surface area contributed by atoms with Crippen molar-refractivity contribution in [1.29, 1.82) is 0 Å². The molecule has 0 spiro atoms. The van der Waals surface area contributed by atoms with Crippen molar-refractivity contribution in [3.05, 3.63) is 34.2 Å². The molecular weight excluding hydrogens is 292 g/mol. The molecule has 3 N–H and O–H groups in total. The predicted octanol–water partition coefficient (Wildman–Crippen LogP) is 1.39. The van der Waals surface area contributed by atoms with Crippen molar-refractivity contribution in [3.8, 4) is 0 Å². The molecule has 2 heterocycles. The Kier molecular flexibility index (Phi) is 3.69. The molecule has 1 aliphatic heterocycles. The number of H-pyrrole nitrogens is 1. The molecule has 1 aromatic carbocycles. The number of hydrogen-bond acceptors (Lipinski definition) is 3. The molecular formula is C17H22N4O2. The molecule has 0 bridgehead atoms. The van der Waals surface area contributed by atoms with Crippen LogP contribution in [0.25, 0.3) is 11.0 Å². The Bertz CT molecular complexity index is 781. The lowest BCUT2D eigenvalue weighted by molar-refractivity contribution is 0.0942. The molecule has 23 heavy (non-hydrogen) atoms. The Labute approximate surface area is 134 Å². The lowest BCUT2D eigenvalue weighted by atomic mass is 10.0. The Morgan fingerprint density at radius 2 is 2.04 bits per heavy atom. The van der Waals surface area contributed by atoms with E-state index in [9.17, 15) is 9.59 Å². The minimum atomic E-state index is -0.0757. The SMILES string of the molecule is O=C(NCC1CNC1)c1ccc2c(c1)[nH]c(=O)n2C1CCCC1. The maximum absolute atomic E-state index is 12.3. The Morgan fingerprint density at radius 3 is 2.74 bits per heavy atom. The zero-order valence-corrected chi connectivity index (χ0v) is 13.1. The van der Waals surface area contributed by atoms with Gasteiger partial charge in [0.05, 0.1) is 11.0 Å². The van der Waals surface area contributed by atoms with Crippen LogP contribution in [-0.4, -0.2) is 35.1 Å². The van der Waals surface area contributed by atoms with Gasteiger partial charge in [-0.05, 0) is 31.0 Å². The number of aromatic nitrogens is 2. The van der Waals surface area contributed by atoms with Gasteiger partial charge in [-0.15, -0.1) is 0 Å². The topological polar surface area (TPSA) is 78.9 Å². The number of benzene rings is 1. The lowest BCUT2D eigenvalue weighted by Gasteiger charge is -2.27. The van der Waals surface area contributed by atoms with E-state index in [1.807, 2.05) is 16.7 Å². The average molecular weight is 314 g/mol. The number of aromatic amines is 1. The number of carbonyl (C=O) groups is 1. The summed E-state index contributed by atoms with van der Waals surface area (Å²) in [5, 5.41) is 6.16. The van der Waals surface area contributed by atoms with Crippen molar-refractivity contribution in [2.45, 2.75) is 31.7 Å². The molecule has 1 saturated carbocycles. The third-order valence-corrected chi connectivity index (χ3v) is 5.09. The van der Waals surface area contributed by atoms with Crippen LogP contribution < -0.4 is 16.3 Å². The molecule has 6 nitrogen and oxygen atoms in total. The van der Waals surface area contributed by atoms with E-state index in [-0.39, 0.29) is 11.6 Å². The Hall–Kier alpha value is -2.08. The van der Waals surface area contributed by atoms with Gasteiger partial charge in [-0.25, -0.2) is 4.79 Å². The van der Waals surface area contributed by atoms with Gasteiger partial charge in [-0.1, -0.05) is 12.8 Å². The molecule has 0 atom stereocenters. The fourth-order valence-corrected chi connectivity index (χ4v) is 3.63. The highest BCUT2D eigenvalue weighted by molar-refractivity contribution is 5.97. The van der Waals surface area contributed by atoms with Gasteiger partial charge >= 0.3 is 5.69 Å². The molecule has 122 valence electrons. The largest absolute Gasteiger partial charge is 0.352 e. The highest BCUT2D eigenvalue weighted by atomic mass is 16.2. The van der Waals surface area contributed by atoms with Crippen molar-refractivity contribution in [2.24, 2.45) is 5.92 Å². The number of rotatable bonds is 4. The Morgan fingerprint density at radius 1 is 1.26 bits per heavy atom. The van der Waals surface area contributed by atoms with Gasteiger partial charge in [-0.3, -0.25) is 9.36 Å². The first-order valence-electron chi connectivity index (χ1n) is 8.45. The van der Waals surface area contributed by atoms with Crippen LogP contribution in [0, 0.1) is 5.92 Å². The first kappa shape index (κ1) is 14.5. The van der Waals surface area contributed by atoms with Gasteiger partial charge < -0.3 is 15.6 Å². The molecule has 1 aromatic heterocycles. The third-order valence-electron chi connectivity index (χ3n) is 5.09. The van der Waals surface area contributed by atoms with E-state index >= 15 is 0 Å². The molecule has 0 unspecified atom stereocenters. The highest BCUT2D eigenvalue weighted by Crippen LogP contribution is 2.30. The summed E-state index contributed by atoms with van der Waals surface area (Å²) in [6.45, 7) is 2.64. The third kappa shape index (κ3) is 2.67. The summed E-state index contributed by atoms with van der Waals surface area (Å²) < 4.78 is 1.87. The molecule has 1 aliphatic carbocycles. The van der Waals surface area contributed by atoms with Gasteiger partial charge in [0.15, 0.2) is 0 Å². The minimum Gasteiger partial charge on any atom is -0.352 e. The normalized spacial score (nSPS) is 19.1. The van der Waals surface area contributed by atoms with Crippen LogP contribution in [0.2, 0.25) is 0 Å². The monoisotopic (exact) mass is 314 g/mol. The maximum Gasteiger partial charge on any atom is 0.326 e. The number of amides is 1. The van der Waals surface area contributed by atoms with E-state index in [2.05, 4.69) is 15.6 Å². The summed E-state index contributed by atoms with van der Waals surface area (Å²) in [7, 11) is 0. The zero-order valence-electron chi connectivity index (χ0n) is 13.1. The number of nitrogens with zero attached hydrogens (tertiary/aromatic N) is 1. The summed E-state index contributed by atoms with van der Waals surface area (Å²) in [6.07, 6.45) is 4.48. The predicted molar refractivity (Wildman–Crippen MR) is 88.8 cm³/mol. The molecule has 2 fully saturated rings. The zero-order chi connectivity index (χ0) is 15.8. The number of carbonyl (C=O) groups excluding carboxylic acids is 1. The lowest BCUT2D eigenvalue weighted by Crippen LogP contribution is -2.48. The van der Waals surface area contributed by atoms with Crippen LogP contribution in [0.1, 0.15) is 42.1 Å². The highest BCUT2D eigenvalue weighted by Gasteiger charge is 2.22.